The molecule has 154 valence electrons. The molecule has 1 N–H and O–H groups in total. The van der Waals surface area contributed by atoms with Gasteiger partial charge in [0.15, 0.2) is 11.5 Å². The number of amides is 1. The van der Waals surface area contributed by atoms with Crippen molar-refractivity contribution in [3.63, 3.8) is 0 Å². The summed E-state index contributed by atoms with van der Waals surface area (Å²) >= 11 is 0. The van der Waals surface area contributed by atoms with Crippen LogP contribution in [0.15, 0.2) is 36.4 Å². The summed E-state index contributed by atoms with van der Waals surface area (Å²) in [7, 11) is 4.58. The highest BCUT2D eigenvalue weighted by molar-refractivity contribution is 5.95. The number of rotatable bonds is 9. The number of hydrogen-bond acceptors (Lipinski definition) is 5. The van der Waals surface area contributed by atoms with Gasteiger partial charge in [-0.3, -0.25) is 4.79 Å². The Bertz CT molecular complexity index is 972. The lowest BCUT2D eigenvalue weighted by Gasteiger charge is -2.14. The van der Waals surface area contributed by atoms with Crippen LogP contribution in [0.4, 0.5) is 0 Å². The molecule has 0 unspecified atom stereocenters. The Morgan fingerprint density at radius 3 is 2.38 bits per heavy atom. The van der Waals surface area contributed by atoms with E-state index in [0.717, 1.165) is 29.8 Å². The van der Waals surface area contributed by atoms with Crippen LogP contribution < -0.4 is 19.5 Å². The molecular weight excluding hydrogens is 370 g/mol. The molecule has 1 aromatic heterocycles. The van der Waals surface area contributed by atoms with Gasteiger partial charge in [-0.25, -0.2) is 4.98 Å². The lowest BCUT2D eigenvalue weighted by atomic mass is 10.1. The first kappa shape index (κ1) is 20.5. The summed E-state index contributed by atoms with van der Waals surface area (Å²) in [6.45, 7) is 3.52. The number of nitrogens with zero attached hydrogens (tertiary/aromatic N) is 2. The van der Waals surface area contributed by atoms with Crippen molar-refractivity contribution < 1.29 is 19.0 Å². The fourth-order valence-corrected chi connectivity index (χ4v) is 3.39. The first-order valence-electron chi connectivity index (χ1n) is 9.65. The minimum absolute atomic E-state index is 0.206. The SMILES string of the molecule is CCCn1c(CCNC(=O)c2cc(OC)c(OC)c(OC)c2)nc2ccccc21. The second-order valence-electron chi connectivity index (χ2n) is 6.59. The number of aromatic nitrogens is 2. The maximum absolute atomic E-state index is 12.7. The molecule has 0 aliphatic rings. The summed E-state index contributed by atoms with van der Waals surface area (Å²) in [5.41, 5.74) is 2.55. The highest BCUT2D eigenvalue weighted by Crippen LogP contribution is 2.38. The third kappa shape index (κ3) is 4.29. The Hall–Kier alpha value is -3.22. The van der Waals surface area contributed by atoms with E-state index in [0.29, 0.717) is 35.8 Å². The van der Waals surface area contributed by atoms with Gasteiger partial charge < -0.3 is 24.1 Å². The predicted molar refractivity (Wildman–Crippen MR) is 112 cm³/mol. The summed E-state index contributed by atoms with van der Waals surface area (Å²) in [5, 5.41) is 2.96. The molecule has 3 aromatic rings. The Morgan fingerprint density at radius 2 is 1.76 bits per heavy atom. The Balaban J connectivity index is 1.73. The van der Waals surface area contributed by atoms with Crippen LogP contribution in [0.2, 0.25) is 0 Å². The van der Waals surface area contributed by atoms with Crippen molar-refractivity contribution in [1.82, 2.24) is 14.9 Å². The zero-order valence-electron chi connectivity index (χ0n) is 17.3. The zero-order chi connectivity index (χ0) is 20.8. The van der Waals surface area contributed by atoms with Crippen LogP contribution in [-0.2, 0) is 13.0 Å². The largest absolute Gasteiger partial charge is 0.493 e. The van der Waals surface area contributed by atoms with E-state index in [-0.39, 0.29) is 5.91 Å². The quantitative estimate of drug-likeness (QED) is 0.599. The topological polar surface area (TPSA) is 74.6 Å². The molecule has 2 aromatic carbocycles. The molecule has 0 fully saturated rings. The maximum atomic E-state index is 12.7. The maximum Gasteiger partial charge on any atom is 0.251 e. The number of carbonyl (C=O) groups excluding carboxylic acids is 1. The highest BCUT2D eigenvalue weighted by Gasteiger charge is 2.17. The fraction of sp³-hybridized carbons (Fsp3) is 0.364. The third-order valence-electron chi connectivity index (χ3n) is 4.74. The molecule has 0 saturated carbocycles. The molecule has 7 heteroatoms. The highest BCUT2D eigenvalue weighted by atomic mass is 16.5. The second kappa shape index (κ2) is 9.32. The molecular formula is C22H27N3O4. The minimum atomic E-state index is -0.206. The van der Waals surface area contributed by atoms with Crippen molar-refractivity contribution in [2.75, 3.05) is 27.9 Å². The molecule has 0 spiro atoms. The molecule has 0 radical (unpaired) electrons. The molecule has 0 atom stereocenters. The first-order valence-corrected chi connectivity index (χ1v) is 9.65. The van der Waals surface area contributed by atoms with Gasteiger partial charge in [0, 0.05) is 25.1 Å². The Kier molecular flexibility index (Phi) is 6.59. The van der Waals surface area contributed by atoms with Crippen LogP contribution in [0.3, 0.4) is 0 Å². The molecule has 0 aliphatic heterocycles. The van der Waals surface area contributed by atoms with E-state index in [1.54, 1.807) is 12.1 Å². The average molecular weight is 397 g/mol. The van der Waals surface area contributed by atoms with E-state index >= 15 is 0 Å². The number of hydrogen-bond donors (Lipinski definition) is 1. The number of imidazole rings is 1. The number of benzene rings is 2. The molecule has 7 nitrogen and oxygen atoms in total. The number of methoxy groups -OCH3 is 3. The normalized spacial score (nSPS) is 10.8. The third-order valence-corrected chi connectivity index (χ3v) is 4.74. The van der Waals surface area contributed by atoms with Crippen molar-refractivity contribution in [3.8, 4) is 17.2 Å². The standard InChI is InChI=1S/C22H27N3O4/c1-5-12-25-17-9-7-6-8-16(17)24-20(25)10-11-23-22(26)15-13-18(27-2)21(29-4)19(14-15)28-3/h6-9,13-14H,5,10-12H2,1-4H3,(H,23,26). The number of carbonyl (C=O) groups is 1. The zero-order valence-corrected chi connectivity index (χ0v) is 17.3. The summed E-state index contributed by atoms with van der Waals surface area (Å²) in [5.74, 6) is 2.11. The fourth-order valence-electron chi connectivity index (χ4n) is 3.39. The van der Waals surface area contributed by atoms with Crippen molar-refractivity contribution >= 4 is 16.9 Å². The molecule has 3 rings (SSSR count). The first-order chi connectivity index (χ1) is 14.1. The number of aryl methyl sites for hydroxylation is 1. The molecule has 0 aliphatic carbocycles. The summed E-state index contributed by atoms with van der Waals surface area (Å²) in [6.07, 6.45) is 1.66. The molecule has 1 heterocycles. The summed E-state index contributed by atoms with van der Waals surface area (Å²) in [6, 6.07) is 11.4. The van der Waals surface area contributed by atoms with Crippen LogP contribution in [0.1, 0.15) is 29.5 Å². The van der Waals surface area contributed by atoms with Gasteiger partial charge in [-0.1, -0.05) is 19.1 Å². The lowest BCUT2D eigenvalue weighted by Crippen LogP contribution is -2.26. The molecule has 0 bridgehead atoms. The van der Waals surface area contributed by atoms with Crippen molar-refractivity contribution in [3.05, 3.63) is 47.8 Å². The van der Waals surface area contributed by atoms with E-state index in [2.05, 4.69) is 22.9 Å². The van der Waals surface area contributed by atoms with E-state index in [9.17, 15) is 4.79 Å². The number of para-hydroxylation sites is 2. The predicted octanol–water partition coefficient (Wildman–Crippen LogP) is 3.44. The second-order valence-corrected chi connectivity index (χ2v) is 6.59. The van der Waals surface area contributed by atoms with Crippen LogP contribution >= 0.6 is 0 Å². The van der Waals surface area contributed by atoms with Crippen molar-refractivity contribution in [2.45, 2.75) is 26.3 Å². The van der Waals surface area contributed by atoms with Crippen molar-refractivity contribution in [1.29, 1.82) is 0 Å². The smallest absolute Gasteiger partial charge is 0.251 e. The van der Waals surface area contributed by atoms with Gasteiger partial charge >= 0.3 is 0 Å². The van der Waals surface area contributed by atoms with Gasteiger partial charge in [-0.15, -0.1) is 0 Å². The Morgan fingerprint density at radius 1 is 1.07 bits per heavy atom. The van der Waals surface area contributed by atoms with Crippen LogP contribution in [0.5, 0.6) is 17.2 Å². The lowest BCUT2D eigenvalue weighted by molar-refractivity contribution is 0.0953. The van der Waals surface area contributed by atoms with Gasteiger partial charge in [-0.2, -0.15) is 0 Å². The van der Waals surface area contributed by atoms with Gasteiger partial charge in [0.25, 0.3) is 5.91 Å². The van der Waals surface area contributed by atoms with E-state index in [1.165, 1.54) is 21.3 Å². The van der Waals surface area contributed by atoms with Gasteiger partial charge in [0.2, 0.25) is 5.75 Å². The number of nitrogens with one attached hydrogen (secondary N) is 1. The Labute approximate surface area is 170 Å². The van der Waals surface area contributed by atoms with E-state index < -0.39 is 0 Å². The molecule has 1 amide bonds. The van der Waals surface area contributed by atoms with E-state index in [1.807, 2.05) is 18.2 Å². The summed E-state index contributed by atoms with van der Waals surface area (Å²) < 4.78 is 18.2. The molecule has 29 heavy (non-hydrogen) atoms. The average Bonchev–Trinajstić information content (AvgIpc) is 3.10. The van der Waals surface area contributed by atoms with Crippen LogP contribution in [-0.4, -0.2) is 43.3 Å². The van der Waals surface area contributed by atoms with Crippen LogP contribution in [0.25, 0.3) is 11.0 Å². The minimum Gasteiger partial charge on any atom is -0.493 e. The molecule has 0 saturated heterocycles. The van der Waals surface area contributed by atoms with Gasteiger partial charge in [0.1, 0.15) is 5.82 Å². The van der Waals surface area contributed by atoms with Crippen LogP contribution in [0, 0.1) is 0 Å². The summed E-state index contributed by atoms with van der Waals surface area (Å²) in [4.78, 5) is 17.4. The number of ether oxygens (including phenoxy) is 3. The van der Waals surface area contributed by atoms with Gasteiger partial charge in [-0.05, 0) is 30.7 Å². The van der Waals surface area contributed by atoms with Crippen molar-refractivity contribution in [2.24, 2.45) is 0 Å². The van der Waals surface area contributed by atoms with Gasteiger partial charge in [0.05, 0.1) is 32.4 Å². The number of fused-ring (bicyclic) bond motifs is 1. The monoisotopic (exact) mass is 397 g/mol. The van der Waals surface area contributed by atoms with E-state index in [4.69, 9.17) is 19.2 Å².